The van der Waals surface area contributed by atoms with Crippen LogP contribution in [0.3, 0.4) is 0 Å². The Morgan fingerprint density at radius 3 is 2.36 bits per heavy atom. The number of para-hydroxylation sites is 2. The molecule has 0 aromatic heterocycles. The fraction of sp³-hybridized carbons (Fsp3) is 0.0556. The minimum absolute atomic E-state index is 0.0618. The summed E-state index contributed by atoms with van der Waals surface area (Å²) in [6, 6.07) is 12.8. The van der Waals surface area contributed by atoms with Crippen molar-refractivity contribution >= 4 is 45.3 Å². The van der Waals surface area contributed by atoms with Gasteiger partial charge in [-0.25, -0.2) is 4.99 Å². The summed E-state index contributed by atoms with van der Waals surface area (Å²) in [4.78, 5) is 31.1. The molecule has 2 aromatic carbocycles. The molecule has 0 unspecified atom stereocenters. The number of nitro benzene ring substituents is 1. The SMILES string of the molecule is O=C(/C=C/C1=Nc2ccccc2N=C(Cl)C1)c1ccc([N+](=O)[O-])cc1. The zero-order valence-electron chi connectivity index (χ0n) is 12.9. The molecular formula is C18H12ClN3O3. The molecule has 0 amide bonds. The number of non-ortho nitro benzene ring substituents is 1. The quantitative estimate of drug-likeness (QED) is 0.343. The number of hydrogen-bond acceptors (Lipinski definition) is 5. The molecule has 0 spiro atoms. The van der Waals surface area contributed by atoms with Crippen LogP contribution in [0.1, 0.15) is 16.8 Å². The maximum atomic E-state index is 12.2. The number of halogens is 1. The van der Waals surface area contributed by atoms with Gasteiger partial charge in [-0.15, -0.1) is 0 Å². The first-order valence-corrected chi connectivity index (χ1v) is 7.77. The van der Waals surface area contributed by atoms with Crippen molar-refractivity contribution in [1.82, 2.24) is 0 Å². The Labute approximate surface area is 148 Å². The van der Waals surface area contributed by atoms with E-state index in [0.717, 1.165) is 0 Å². The maximum absolute atomic E-state index is 12.2. The molecule has 1 aliphatic heterocycles. The van der Waals surface area contributed by atoms with Gasteiger partial charge in [-0.05, 0) is 36.4 Å². The van der Waals surface area contributed by atoms with E-state index in [1.165, 1.54) is 30.3 Å². The number of hydrogen-bond donors (Lipinski definition) is 0. The van der Waals surface area contributed by atoms with E-state index in [1.54, 1.807) is 6.08 Å². The summed E-state index contributed by atoms with van der Waals surface area (Å²) in [5, 5.41) is 11.0. The molecule has 0 saturated heterocycles. The van der Waals surface area contributed by atoms with Crippen molar-refractivity contribution in [2.75, 3.05) is 0 Å². The van der Waals surface area contributed by atoms with Crippen LogP contribution in [-0.2, 0) is 0 Å². The lowest BCUT2D eigenvalue weighted by atomic mass is 10.1. The van der Waals surface area contributed by atoms with Gasteiger partial charge in [0.2, 0.25) is 0 Å². The minimum Gasteiger partial charge on any atom is -0.289 e. The predicted molar refractivity (Wildman–Crippen MR) is 97.7 cm³/mol. The van der Waals surface area contributed by atoms with Gasteiger partial charge in [0.15, 0.2) is 5.78 Å². The fourth-order valence-corrected chi connectivity index (χ4v) is 2.51. The molecule has 0 radical (unpaired) electrons. The lowest BCUT2D eigenvalue weighted by Crippen LogP contribution is -2.01. The zero-order chi connectivity index (χ0) is 17.8. The molecule has 6 nitrogen and oxygen atoms in total. The third kappa shape index (κ3) is 4.05. The van der Waals surface area contributed by atoms with Crippen molar-refractivity contribution in [2.45, 2.75) is 6.42 Å². The molecule has 124 valence electrons. The molecule has 0 bridgehead atoms. The molecular weight excluding hydrogens is 342 g/mol. The van der Waals surface area contributed by atoms with E-state index in [1.807, 2.05) is 24.3 Å². The molecule has 3 rings (SSSR count). The highest BCUT2D eigenvalue weighted by Crippen LogP contribution is 2.31. The van der Waals surface area contributed by atoms with Crippen molar-refractivity contribution in [3.63, 3.8) is 0 Å². The van der Waals surface area contributed by atoms with Crippen molar-refractivity contribution in [2.24, 2.45) is 9.98 Å². The monoisotopic (exact) mass is 353 g/mol. The normalized spacial score (nSPS) is 13.6. The lowest BCUT2D eigenvalue weighted by Gasteiger charge is -1.99. The highest BCUT2D eigenvalue weighted by atomic mass is 35.5. The van der Waals surface area contributed by atoms with Crippen LogP contribution >= 0.6 is 11.6 Å². The first kappa shape index (κ1) is 16.7. The topological polar surface area (TPSA) is 84.9 Å². The molecule has 0 atom stereocenters. The summed E-state index contributed by atoms with van der Waals surface area (Å²) in [5.74, 6) is -0.275. The van der Waals surface area contributed by atoms with Gasteiger partial charge in [-0.1, -0.05) is 23.7 Å². The van der Waals surface area contributed by atoms with Crippen molar-refractivity contribution in [3.8, 4) is 0 Å². The zero-order valence-corrected chi connectivity index (χ0v) is 13.7. The summed E-state index contributed by atoms with van der Waals surface area (Å²) in [7, 11) is 0. The lowest BCUT2D eigenvalue weighted by molar-refractivity contribution is -0.384. The van der Waals surface area contributed by atoms with Crippen LogP contribution in [0.5, 0.6) is 0 Å². The van der Waals surface area contributed by atoms with Crippen molar-refractivity contribution < 1.29 is 9.72 Å². The van der Waals surface area contributed by atoms with Crippen LogP contribution in [0.25, 0.3) is 0 Å². The Balaban J connectivity index is 1.81. The number of nitrogens with zero attached hydrogens (tertiary/aromatic N) is 3. The van der Waals surface area contributed by atoms with Crippen molar-refractivity contribution in [1.29, 1.82) is 0 Å². The number of carbonyl (C=O) groups excluding carboxylic acids is 1. The molecule has 0 N–H and O–H groups in total. The third-order valence-electron chi connectivity index (χ3n) is 3.50. The summed E-state index contributed by atoms with van der Waals surface area (Å²) in [6.07, 6.45) is 3.28. The number of aliphatic imine (C=N–C) groups is 2. The number of fused-ring (bicyclic) bond motifs is 1. The van der Waals surface area contributed by atoms with Crippen LogP contribution < -0.4 is 0 Å². The first-order valence-electron chi connectivity index (χ1n) is 7.39. The number of carbonyl (C=O) groups is 1. The minimum atomic E-state index is -0.511. The number of ketones is 1. The summed E-state index contributed by atoms with van der Waals surface area (Å²) < 4.78 is 0. The Morgan fingerprint density at radius 2 is 1.72 bits per heavy atom. The van der Waals surface area contributed by atoms with E-state index in [4.69, 9.17) is 11.6 Å². The van der Waals surface area contributed by atoms with Crippen LogP contribution in [0.4, 0.5) is 17.1 Å². The van der Waals surface area contributed by atoms with Gasteiger partial charge in [0.25, 0.3) is 5.69 Å². The molecule has 0 fully saturated rings. The van der Waals surface area contributed by atoms with Gasteiger partial charge in [0, 0.05) is 29.8 Å². The molecule has 1 aliphatic rings. The second kappa shape index (κ2) is 7.19. The average molecular weight is 354 g/mol. The van der Waals surface area contributed by atoms with Gasteiger partial charge >= 0.3 is 0 Å². The van der Waals surface area contributed by atoms with E-state index in [9.17, 15) is 14.9 Å². The fourth-order valence-electron chi connectivity index (χ4n) is 2.28. The van der Waals surface area contributed by atoms with Gasteiger partial charge < -0.3 is 0 Å². The molecule has 2 aromatic rings. The van der Waals surface area contributed by atoms with E-state index in [-0.39, 0.29) is 11.5 Å². The van der Waals surface area contributed by atoms with Gasteiger partial charge in [0.1, 0.15) is 5.17 Å². The highest BCUT2D eigenvalue weighted by Gasteiger charge is 2.11. The third-order valence-corrected chi connectivity index (χ3v) is 3.72. The largest absolute Gasteiger partial charge is 0.289 e. The Bertz CT molecular complexity index is 931. The highest BCUT2D eigenvalue weighted by molar-refractivity contribution is 6.67. The second-order valence-electron chi connectivity index (χ2n) is 5.26. The Hall–Kier alpha value is -3.12. The molecule has 0 aliphatic carbocycles. The maximum Gasteiger partial charge on any atom is 0.269 e. The Morgan fingerprint density at radius 1 is 1.08 bits per heavy atom. The van der Waals surface area contributed by atoms with Crippen LogP contribution in [-0.4, -0.2) is 21.6 Å². The first-order chi connectivity index (χ1) is 12.0. The van der Waals surface area contributed by atoms with Gasteiger partial charge in [0.05, 0.1) is 16.3 Å². The molecule has 0 saturated carbocycles. The van der Waals surface area contributed by atoms with Crippen LogP contribution in [0.15, 0.2) is 70.7 Å². The number of nitro groups is 1. The van der Waals surface area contributed by atoms with E-state index >= 15 is 0 Å². The summed E-state index contributed by atoms with van der Waals surface area (Å²) >= 11 is 6.11. The second-order valence-corrected chi connectivity index (χ2v) is 5.69. The van der Waals surface area contributed by atoms with E-state index in [0.29, 0.717) is 34.2 Å². The summed E-state index contributed by atoms with van der Waals surface area (Å²) in [6.45, 7) is 0. The van der Waals surface area contributed by atoms with Crippen LogP contribution in [0.2, 0.25) is 0 Å². The summed E-state index contributed by atoms with van der Waals surface area (Å²) in [5.41, 5.74) is 2.26. The smallest absolute Gasteiger partial charge is 0.269 e. The van der Waals surface area contributed by atoms with Crippen molar-refractivity contribution in [3.05, 3.63) is 76.4 Å². The molecule has 25 heavy (non-hydrogen) atoms. The average Bonchev–Trinajstić information content (AvgIpc) is 2.77. The van der Waals surface area contributed by atoms with Crippen LogP contribution in [0, 0.1) is 10.1 Å². The Kier molecular flexibility index (Phi) is 4.81. The standard InChI is InChI=1S/C18H12ClN3O3/c19-18-11-13(20-15-3-1-2-4-16(15)21-18)7-10-17(23)12-5-8-14(9-6-12)22(24)25/h1-10H,11H2/b10-7+. The number of benzene rings is 2. The van der Waals surface area contributed by atoms with Gasteiger partial charge in [-0.2, -0.15) is 0 Å². The predicted octanol–water partition coefficient (Wildman–Crippen LogP) is 4.78. The number of allylic oxidation sites excluding steroid dienone is 2. The molecule has 1 heterocycles. The number of rotatable bonds is 4. The molecule has 7 heteroatoms. The van der Waals surface area contributed by atoms with Gasteiger partial charge in [-0.3, -0.25) is 19.9 Å². The van der Waals surface area contributed by atoms with E-state index in [2.05, 4.69) is 9.98 Å². The van der Waals surface area contributed by atoms with E-state index < -0.39 is 4.92 Å².